The molecule has 0 bridgehead atoms. The van der Waals surface area contributed by atoms with Gasteiger partial charge in [0.2, 0.25) is 5.91 Å². The molecule has 0 spiro atoms. The lowest BCUT2D eigenvalue weighted by molar-refractivity contribution is -0.115. The van der Waals surface area contributed by atoms with Gasteiger partial charge in [-0.25, -0.2) is 0 Å². The standard InChI is InChI=1S/C27H25Cl2N3O2S2/c1-27(2,3)15-4-8-18-20(14-30)25(36-23(18)12-15)32-26(35)31-24(33)11-7-17-6-10-22(34-17)19-9-5-16(28)13-21(19)29/h5-7,9-11,13,15H,4,8,12H2,1-3H3,(H2,31,32,33,35)/b11-7+/t15-/m0/s1. The minimum Gasteiger partial charge on any atom is -0.457 e. The van der Waals surface area contributed by atoms with Crippen LogP contribution < -0.4 is 10.6 Å². The predicted molar refractivity (Wildman–Crippen MR) is 152 cm³/mol. The summed E-state index contributed by atoms with van der Waals surface area (Å²) >= 11 is 19.1. The first-order valence-corrected chi connectivity index (χ1v) is 13.4. The SMILES string of the molecule is CC(C)(C)[C@H]1CCc2c(sc(NC(=S)NC(=O)/C=C/c3ccc(-c4ccc(Cl)cc4Cl)o3)c2C#N)C1. The van der Waals surface area contributed by atoms with Crippen LogP contribution in [0.15, 0.2) is 40.8 Å². The third-order valence-electron chi connectivity index (χ3n) is 6.29. The Morgan fingerprint density at radius 1 is 1.28 bits per heavy atom. The number of anilines is 1. The average Bonchev–Trinajstić information content (AvgIpc) is 3.40. The molecule has 1 amide bonds. The van der Waals surface area contributed by atoms with E-state index < -0.39 is 5.91 Å². The summed E-state index contributed by atoms with van der Waals surface area (Å²) in [4.78, 5) is 13.6. The molecule has 0 unspecified atom stereocenters. The highest BCUT2D eigenvalue weighted by Crippen LogP contribution is 2.44. The topological polar surface area (TPSA) is 78.1 Å². The van der Waals surface area contributed by atoms with E-state index in [9.17, 15) is 10.1 Å². The van der Waals surface area contributed by atoms with Crippen molar-refractivity contribution in [1.82, 2.24) is 5.32 Å². The van der Waals surface area contributed by atoms with Gasteiger partial charge < -0.3 is 9.73 Å². The molecule has 9 heteroatoms. The number of carbonyl (C=O) groups excluding carboxylic acids is 1. The molecule has 4 rings (SSSR count). The Balaban J connectivity index is 1.38. The first kappa shape index (κ1) is 26.4. The highest BCUT2D eigenvalue weighted by Gasteiger charge is 2.32. The number of rotatable bonds is 4. The largest absolute Gasteiger partial charge is 0.457 e. The maximum absolute atomic E-state index is 12.4. The van der Waals surface area contributed by atoms with Gasteiger partial charge in [-0.3, -0.25) is 10.1 Å². The molecule has 1 atom stereocenters. The number of halogens is 2. The van der Waals surface area contributed by atoms with Gasteiger partial charge in [0.05, 0.1) is 10.6 Å². The Morgan fingerprint density at radius 3 is 2.75 bits per heavy atom. The quantitative estimate of drug-likeness (QED) is 0.252. The molecule has 2 aromatic heterocycles. The van der Waals surface area contributed by atoms with Gasteiger partial charge in [-0.05, 0) is 84.8 Å². The summed E-state index contributed by atoms with van der Waals surface area (Å²) < 4.78 is 5.77. The van der Waals surface area contributed by atoms with Gasteiger partial charge in [-0.1, -0.05) is 44.0 Å². The van der Waals surface area contributed by atoms with E-state index in [0.717, 1.165) is 24.8 Å². The van der Waals surface area contributed by atoms with Gasteiger partial charge in [0.15, 0.2) is 5.11 Å². The van der Waals surface area contributed by atoms with Crippen molar-refractivity contribution in [1.29, 1.82) is 5.26 Å². The predicted octanol–water partition coefficient (Wildman–Crippen LogP) is 7.86. The molecule has 0 saturated carbocycles. The summed E-state index contributed by atoms with van der Waals surface area (Å²) in [5.41, 5.74) is 2.65. The van der Waals surface area contributed by atoms with Gasteiger partial charge in [0.1, 0.15) is 22.6 Å². The van der Waals surface area contributed by atoms with E-state index in [0.29, 0.717) is 43.6 Å². The van der Waals surface area contributed by atoms with Crippen LogP contribution in [-0.2, 0) is 17.6 Å². The number of nitrogens with one attached hydrogen (secondary N) is 2. The fourth-order valence-corrected chi connectivity index (χ4v) is 6.30. The fourth-order valence-electron chi connectivity index (χ4n) is 4.25. The minimum atomic E-state index is -0.414. The van der Waals surface area contributed by atoms with Crippen molar-refractivity contribution >= 4 is 68.9 Å². The highest BCUT2D eigenvalue weighted by molar-refractivity contribution is 7.80. The molecule has 1 aliphatic rings. The Labute approximate surface area is 230 Å². The average molecular weight is 559 g/mol. The molecule has 0 radical (unpaired) electrons. The third-order valence-corrected chi connectivity index (χ3v) is 8.21. The van der Waals surface area contributed by atoms with E-state index in [-0.39, 0.29) is 10.5 Å². The van der Waals surface area contributed by atoms with Crippen LogP contribution in [0.2, 0.25) is 10.0 Å². The number of nitriles is 1. The lowest BCUT2D eigenvalue weighted by Crippen LogP contribution is -2.32. The molecule has 186 valence electrons. The van der Waals surface area contributed by atoms with Crippen LogP contribution in [0, 0.1) is 22.7 Å². The smallest absolute Gasteiger partial charge is 0.250 e. The Kier molecular flexibility index (Phi) is 7.91. The van der Waals surface area contributed by atoms with Crippen LogP contribution in [0.25, 0.3) is 17.4 Å². The van der Waals surface area contributed by atoms with E-state index in [1.54, 1.807) is 47.7 Å². The van der Waals surface area contributed by atoms with Gasteiger partial charge in [0, 0.05) is 21.5 Å². The first-order valence-electron chi connectivity index (χ1n) is 11.4. The molecule has 0 aliphatic heterocycles. The molecule has 36 heavy (non-hydrogen) atoms. The zero-order valence-electron chi connectivity index (χ0n) is 20.1. The van der Waals surface area contributed by atoms with E-state index in [2.05, 4.69) is 37.5 Å². The fraction of sp³-hybridized carbons (Fsp3) is 0.296. The van der Waals surface area contributed by atoms with Crippen LogP contribution in [0.4, 0.5) is 5.00 Å². The highest BCUT2D eigenvalue weighted by atomic mass is 35.5. The number of amides is 1. The Morgan fingerprint density at radius 2 is 2.06 bits per heavy atom. The van der Waals surface area contributed by atoms with Crippen molar-refractivity contribution in [3.63, 3.8) is 0 Å². The van der Waals surface area contributed by atoms with Crippen LogP contribution in [0.3, 0.4) is 0 Å². The second-order valence-corrected chi connectivity index (χ2v) is 12.1. The van der Waals surface area contributed by atoms with E-state index >= 15 is 0 Å². The lowest BCUT2D eigenvalue weighted by atomic mass is 9.72. The molecule has 1 aromatic carbocycles. The number of furan rings is 1. The van der Waals surface area contributed by atoms with E-state index in [1.807, 2.05) is 0 Å². The van der Waals surface area contributed by atoms with E-state index in [1.165, 1.54) is 11.0 Å². The monoisotopic (exact) mass is 557 g/mol. The van der Waals surface area contributed by atoms with Gasteiger partial charge >= 0.3 is 0 Å². The third kappa shape index (κ3) is 6.01. The van der Waals surface area contributed by atoms with Crippen molar-refractivity contribution in [2.24, 2.45) is 11.3 Å². The van der Waals surface area contributed by atoms with Gasteiger partial charge in [-0.15, -0.1) is 11.3 Å². The molecule has 2 N–H and O–H groups in total. The number of hydrogen-bond acceptors (Lipinski definition) is 5. The van der Waals surface area contributed by atoms with Gasteiger partial charge in [-0.2, -0.15) is 5.26 Å². The molecule has 0 saturated heterocycles. The summed E-state index contributed by atoms with van der Waals surface area (Å²) in [6, 6.07) is 11.0. The van der Waals surface area contributed by atoms with Crippen LogP contribution >= 0.6 is 46.8 Å². The maximum atomic E-state index is 12.4. The summed E-state index contributed by atoms with van der Waals surface area (Å²) in [5, 5.41) is 17.3. The normalized spacial score (nSPS) is 15.4. The summed E-state index contributed by atoms with van der Waals surface area (Å²) in [6.07, 6.45) is 5.77. The molecule has 1 aliphatic carbocycles. The van der Waals surface area contributed by atoms with Crippen molar-refractivity contribution in [2.75, 3.05) is 5.32 Å². The Hall–Kier alpha value is -2.63. The van der Waals surface area contributed by atoms with Crippen molar-refractivity contribution < 1.29 is 9.21 Å². The van der Waals surface area contributed by atoms with Crippen molar-refractivity contribution in [3.8, 4) is 17.4 Å². The molecule has 0 fully saturated rings. The first-order chi connectivity index (χ1) is 17.0. The summed E-state index contributed by atoms with van der Waals surface area (Å²) in [5.74, 6) is 1.20. The lowest BCUT2D eigenvalue weighted by Gasteiger charge is -2.33. The number of thiocarbonyl (C=S) groups is 1. The molecule has 2 heterocycles. The zero-order valence-corrected chi connectivity index (χ0v) is 23.2. The molecular weight excluding hydrogens is 533 g/mol. The van der Waals surface area contributed by atoms with Crippen LogP contribution in [-0.4, -0.2) is 11.0 Å². The summed E-state index contributed by atoms with van der Waals surface area (Å²) in [7, 11) is 0. The molecule has 5 nitrogen and oxygen atoms in total. The zero-order chi connectivity index (χ0) is 26.0. The second kappa shape index (κ2) is 10.8. The Bertz CT molecular complexity index is 1390. The molecular formula is C27H25Cl2N3O2S2. The second-order valence-electron chi connectivity index (χ2n) is 9.73. The van der Waals surface area contributed by atoms with E-state index in [4.69, 9.17) is 39.8 Å². The number of hydrogen-bond donors (Lipinski definition) is 2. The number of carbonyl (C=O) groups is 1. The number of fused-ring (bicyclic) bond motifs is 1. The summed E-state index contributed by atoms with van der Waals surface area (Å²) in [6.45, 7) is 6.78. The van der Waals surface area contributed by atoms with Crippen molar-refractivity contribution in [3.05, 3.63) is 68.2 Å². The van der Waals surface area contributed by atoms with Crippen molar-refractivity contribution in [2.45, 2.75) is 40.0 Å². The molecule has 3 aromatic rings. The number of thiophene rings is 1. The van der Waals surface area contributed by atoms with Crippen LogP contribution in [0.5, 0.6) is 0 Å². The van der Waals surface area contributed by atoms with Gasteiger partial charge in [0.25, 0.3) is 0 Å². The minimum absolute atomic E-state index is 0.139. The number of benzene rings is 1. The maximum Gasteiger partial charge on any atom is 0.250 e. The van der Waals surface area contributed by atoms with Crippen LogP contribution in [0.1, 0.15) is 49.0 Å². The number of nitrogens with zero attached hydrogens (tertiary/aromatic N) is 1.